The molecule has 0 radical (unpaired) electrons. The first-order chi connectivity index (χ1) is 14.1. The lowest BCUT2D eigenvalue weighted by molar-refractivity contribution is -0.147. The second kappa shape index (κ2) is 10.3. The number of hydrogen-bond donors (Lipinski definition) is 0. The molecule has 0 fully saturated rings. The van der Waals surface area contributed by atoms with Crippen molar-refractivity contribution in [1.82, 2.24) is 9.78 Å². The molecule has 1 atom stereocenters. The topological polar surface area (TPSA) is 101 Å². The maximum absolute atomic E-state index is 11.6. The van der Waals surface area contributed by atoms with E-state index in [9.17, 15) is 9.59 Å². The Labute approximate surface area is 183 Å². The number of nitrogens with zero attached hydrogens (tertiary/aromatic N) is 3. The number of ether oxygens (including phenoxy) is 3. The molecule has 0 unspecified atom stereocenters. The van der Waals surface area contributed by atoms with Crippen molar-refractivity contribution in [2.75, 3.05) is 13.7 Å². The molecule has 11 heteroatoms. The zero-order valence-electron chi connectivity index (χ0n) is 17.1. The van der Waals surface area contributed by atoms with Crippen LogP contribution in [-0.2, 0) is 26.2 Å². The Morgan fingerprint density at radius 3 is 2.57 bits per heavy atom. The maximum atomic E-state index is 11.6. The summed E-state index contributed by atoms with van der Waals surface area (Å²) in [5.74, 6) is 0.00478. The number of methoxy groups -OCH3 is 1. The van der Waals surface area contributed by atoms with Gasteiger partial charge in [-0.1, -0.05) is 28.4 Å². The molecule has 1 heterocycles. The fraction of sp³-hybridized carbons (Fsp3) is 0.368. The Kier molecular flexibility index (Phi) is 8.08. The van der Waals surface area contributed by atoms with Gasteiger partial charge in [-0.25, -0.2) is 9.48 Å². The maximum Gasteiger partial charge on any atom is 0.346 e. The SMILES string of the molecule is COC(=O)[C@H](C)Oc1cc(Oc2c(/C=N\OCC(C)=O)c(C)nn2C)c(Cl)cc1Cl. The molecular formula is C19H21Cl2N3O6. The standard InChI is InChI=1S/C19H21Cl2N3O6/c1-10(25)9-28-22-8-13-11(2)23-24(4)18(13)30-17-7-16(14(20)6-15(17)21)29-12(3)19(26)27-5/h6-8,12H,9H2,1-5H3/b22-8-/t12-/m0/s1. The van der Waals surface area contributed by atoms with Crippen LogP contribution in [0.5, 0.6) is 17.4 Å². The molecule has 0 N–H and O–H groups in total. The van der Waals surface area contributed by atoms with E-state index in [1.807, 2.05) is 0 Å². The van der Waals surface area contributed by atoms with Gasteiger partial charge in [0.05, 0.1) is 34.6 Å². The zero-order chi connectivity index (χ0) is 22.4. The van der Waals surface area contributed by atoms with Crippen LogP contribution in [0.25, 0.3) is 0 Å². The number of halogens is 2. The van der Waals surface area contributed by atoms with Crippen molar-refractivity contribution in [1.29, 1.82) is 0 Å². The van der Waals surface area contributed by atoms with Gasteiger partial charge in [0.2, 0.25) is 5.88 Å². The summed E-state index contributed by atoms with van der Waals surface area (Å²) in [5.41, 5.74) is 1.14. The Hall–Kier alpha value is -2.78. The van der Waals surface area contributed by atoms with Crippen molar-refractivity contribution < 1.29 is 28.6 Å². The van der Waals surface area contributed by atoms with E-state index >= 15 is 0 Å². The first-order valence-electron chi connectivity index (χ1n) is 8.73. The Morgan fingerprint density at radius 1 is 1.27 bits per heavy atom. The summed E-state index contributed by atoms with van der Waals surface area (Å²) < 4.78 is 17.6. The van der Waals surface area contributed by atoms with Crippen LogP contribution < -0.4 is 9.47 Å². The average Bonchev–Trinajstić information content (AvgIpc) is 2.94. The van der Waals surface area contributed by atoms with Crippen LogP contribution in [0.2, 0.25) is 10.0 Å². The summed E-state index contributed by atoms with van der Waals surface area (Å²) in [6, 6.07) is 2.89. The van der Waals surface area contributed by atoms with Gasteiger partial charge in [-0.05, 0) is 26.8 Å². The fourth-order valence-corrected chi connectivity index (χ4v) is 2.80. The Morgan fingerprint density at radius 2 is 1.93 bits per heavy atom. The predicted molar refractivity (Wildman–Crippen MR) is 111 cm³/mol. The molecule has 0 bridgehead atoms. The van der Waals surface area contributed by atoms with Gasteiger partial charge in [-0.2, -0.15) is 5.10 Å². The highest BCUT2D eigenvalue weighted by Crippen LogP contribution is 2.39. The van der Waals surface area contributed by atoms with Crippen molar-refractivity contribution >= 4 is 41.2 Å². The summed E-state index contributed by atoms with van der Waals surface area (Å²) >= 11 is 12.4. The van der Waals surface area contributed by atoms with Gasteiger partial charge < -0.3 is 19.0 Å². The summed E-state index contributed by atoms with van der Waals surface area (Å²) in [5, 5.41) is 8.47. The van der Waals surface area contributed by atoms with Crippen LogP contribution in [0.3, 0.4) is 0 Å². The summed E-state index contributed by atoms with van der Waals surface area (Å²) in [4.78, 5) is 27.5. The van der Waals surface area contributed by atoms with E-state index in [1.54, 1.807) is 14.0 Å². The van der Waals surface area contributed by atoms with Crippen LogP contribution >= 0.6 is 23.2 Å². The van der Waals surface area contributed by atoms with E-state index in [2.05, 4.69) is 15.0 Å². The number of hydrogen-bond acceptors (Lipinski definition) is 8. The van der Waals surface area contributed by atoms with Crippen molar-refractivity contribution in [2.24, 2.45) is 12.2 Å². The van der Waals surface area contributed by atoms with Crippen molar-refractivity contribution in [3.05, 3.63) is 33.4 Å². The Bertz CT molecular complexity index is 974. The molecule has 0 spiro atoms. The second-order valence-corrected chi connectivity index (χ2v) is 7.05. The molecule has 1 aromatic heterocycles. The second-order valence-electron chi connectivity index (χ2n) is 6.24. The number of aromatic nitrogens is 2. The minimum absolute atomic E-state index is 0.145. The quantitative estimate of drug-likeness (QED) is 0.321. The first-order valence-corrected chi connectivity index (χ1v) is 9.49. The van der Waals surface area contributed by atoms with E-state index in [0.29, 0.717) is 17.1 Å². The highest BCUT2D eigenvalue weighted by Gasteiger charge is 2.20. The van der Waals surface area contributed by atoms with E-state index in [4.69, 9.17) is 37.5 Å². The first kappa shape index (κ1) is 23.5. The predicted octanol–water partition coefficient (Wildman–Crippen LogP) is 3.71. The highest BCUT2D eigenvalue weighted by atomic mass is 35.5. The molecule has 2 aromatic rings. The van der Waals surface area contributed by atoms with Crippen molar-refractivity contribution in [3.8, 4) is 17.4 Å². The summed E-state index contributed by atoms with van der Waals surface area (Å²) in [6.07, 6.45) is 0.503. The van der Waals surface area contributed by atoms with Crippen LogP contribution in [0.15, 0.2) is 17.3 Å². The van der Waals surface area contributed by atoms with E-state index in [0.717, 1.165) is 0 Å². The molecule has 0 aliphatic carbocycles. The minimum Gasteiger partial charge on any atom is -0.477 e. The highest BCUT2D eigenvalue weighted by molar-refractivity contribution is 6.36. The van der Waals surface area contributed by atoms with E-state index in [1.165, 1.54) is 44.0 Å². The lowest BCUT2D eigenvalue weighted by Crippen LogP contribution is -2.25. The van der Waals surface area contributed by atoms with Crippen LogP contribution in [-0.4, -0.2) is 47.6 Å². The van der Waals surface area contributed by atoms with E-state index in [-0.39, 0.29) is 33.9 Å². The zero-order valence-corrected chi connectivity index (χ0v) is 18.6. The van der Waals surface area contributed by atoms with Crippen molar-refractivity contribution in [3.63, 3.8) is 0 Å². The molecule has 0 saturated heterocycles. The molecular weight excluding hydrogens is 437 g/mol. The number of benzene rings is 1. The lowest BCUT2D eigenvalue weighted by atomic mass is 10.2. The number of esters is 1. The van der Waals surface area contributed by atoms with Gasteiger partial charge in [-0.15, -0.1) is 0 Å². The van der Waals surface area contributed by atoms with Gasteiger partial charge in [-0.3, -0.25) is 4.79 Å². The van der Waals surface area contributed by atoms with Gasteiger partial charge in [0, 0.05) is 13.1 Å². The van der Waals surface area contributed by atoms with E-state index < -0.39 is 12.1 Å². The lowest BCUT2D eigenvalue weighted by Gasteiger charge is -2.16. The van der Waals surface area contributed by atoms with Gasteiger partial charge in [0.1, 0.15) is 5.75 Å². The number of rotatable bonds is 9. The third-order valence-corrected chi connectivity index (χ3v) is 4.36. The molecule has 9 nitrogen and oxygen atoms in total. The third kappa shape index (κ3) is 5.87. The van der Waals surface area contributed by atoms with Gasteiger partial charge in [0.15, 0.2) is 24.2 Å². The monoisotopic (exact) mass is 457 g/mol. The molecule has 0 saturated carbocycles. The number of oxime groups is 1. The average molecular weight is 458 g/mol. The molecule has 0 aliphatic heterocycles. The smallest absolute Gasteiger partial charge is 0.346 e. The molecule has 162 valence electrons. The minimum atomic E-state index is -0.887. The number of Topliss-reactive ketones (excluding diaryl/α,β-unsaturated/α-hetero) is 1. The Balaban J connectivity index is 2.32. The number of carbonyl (C=O) groups excluding carboxylic acids is 2. The normalized spacial score (nSPS) is 12.0. The van der Waals surface area contributed by atoms with Gasteiger partial charge in [0.25, 0.3) is 0 Å². The third-order valence-electron chi connectivity index (χ3n) is 3.77. The molecule has 0 amide bonds. The van der Waals surface area contributed by atoms with Crippen LogP contribution in [0, 0.1) is 6.92 Å². The van der Waals surface area contributed by atoms with Crippen molar-refractivity contribution in [2.45, 2.75) is 26.9 Å². The number of carbonyl (C=O) groups is 2. The summed E-state index contributed by atoms with van der Waals surface area (Å²) in [6.45, 7) is 4.53. The number of aryl methyl sites for hydroxylation is 2. The molecule has 0 aliphatic rings. The van der Waals surface area contributed by atoms with Crippen LogP contribution in [0.1, 0.15) is 25.1 Å². The van der Waals surface area contributed by atoms with Crippen LogP contribution in [0.4, 0.5) is 0 Å². The molecule has 30 heavy (non-hydrogen) atoms. The summed E-state index contributed by atoms with van der Waals surface area (Å²) in [7, 11) is 2.94. The largest absolute Gasteiger partial charge is 0.477 e. The molecule has 1 aromatic carbocycles. The number of ketones is 1. The fourth-order valence-electron chi connectivity index (χ4n) is 2.33. The molecule has 2 rings (SSSR count). The van der Waals surface area contributed by atoms with Gasteiger partial charge >= 0.3 is 5.97 Å².